The van der Waals surface area contributed by atoms with E-state index in [2.05, 4.69) is 10.6 Å². The summed E-state index contributed by atoms with van der Waals surface area (Å²) in [5, 5.41) is 5.87. The first kappa shape index (κ1) is 11.3. The zero-order chi connectivity index (χ0) is 11.4. The number of fused-ring (bicyclic) bond motifs is 2. The molecule has 3 aliphatic rings. The smallest absolute Gasteiger partial charge is 0.218 e. The maximum atomic E-state index is 10.4. The zero-order valence-electron chi connectivity index (χ0n) is 9.03. The second-order valence-electron chi connectivity index (χ2n) is 3.48. The van der Waals surface area contributed by atoms with Crippen LogP contribution in [0.1, 0.15) is 6.92 Å². The van der Waals surface area contributed by atoms with Crippen molar-refractivity contribution >= 4 is 17.7 Å². The normalized spacial score (nSPS) is 19.9. The van der Waals surface area contributed by atoms with Gasteiger partial charge in [-0.2, -0.15) is 0 Å². The summed E-state index contributed by atoms with van der Waals surface area (Å²) in [6, 6.07) is 7.86. The number of thioether (sulfide) groups is 1. The van der Waals surface area contributed by atoms with Gasteiger partial charge < -0.3 is 10.1 Å². The van der Waals surface area contributed by atoms with E-state index in [1.165, 1.54) is 6.92 Å². The van der Waals surface area contributed by atoms with E-state index in [1.807, 2.05) is 24.3 Å². The third-order valence-corrected chi connectivity index (χ3v) is 3.15. The average molecular weight is 238 g/mol. The summed E-state index contributed by atoms with van der Waals surface area (Å²) >= 11 is 1.73. The predicted molar refractivity (Wildman–Crippen MR) is 64.6 cm³/mol. The lowest BCUT2D eigenvalue weighted by molar-refractivity contribution is -0.119. The highest BCUT2D eigenvalue weighted by Gasteiger charge is 2.13. The largest absolute Gasteiger partial charge is 0.457 e. The molecule has 2 N–H and O–H groups in total. The quantitative estimate of drug-likeness (QED) is 0.791. The van der Waals surface area contributed by atoms with Crippen molar-refractivity contribution in [3.63, 3.8) is 0 Å². The van der Waals surface area contributed by atoms with Crippen molar-refractivity contribution in [2.75, 3.05) is 12.3 Å². The van der Waals surface area contributed by atoms with E-state index in [9.17, 15) is 4.79 Å². The van der Waals surface area contributed by atoms with E-state index in [-0.39, 0.29) is 11.4 Å². The van der Waals surface area contributed by atoms with Crippen LogP contribution in [-0.2, 0) is 4.79 Å². The fourth-order valence-corrected chi connectivity index (χ4v) is 2.34. The van der Waals surface area contributed by atoms with Gasteiger partial charge in [-0.15, -0.1) is 11.8 Å². The van der Waals surface area contributed by atoms with Gasteiger partial charge in [0.25, 0.3) is 0 Å². The molecule has 16 heavy (non-hydrogen) atoms. The highest BCUT2D eigenvalue weighted by molar-refractivity contribution is 8.00. The minimum atomic E-state index is 0.0295. The summed E-state index contributed by atoms with van der Waals surface area (Å²) in [7, 11) is 0. The molecular weight excluding hydrogens is 224 g/mol. The number of ether oxygens (including phenoxy) is 1. The fraction of sp³-hybridized carbons (Fsp3) is 0.364. The van der Waals surface area contributed by atoms with Crippen molar-refractivity contribution in [1.82, 2.24) is 10.6 Å². The second-order valence-corrected chi connectivity index (χ2v) is 4.70. The number of rotatable bonds is 1. The van der Waals surface area contributed by atoms with Gasteiger partial charge in [-0.05, 0) is 12.1 Å². The molecule has 3 aliphatic heterocycles. The van der Waals surface area contributed by atoms with E-state index in [4.69, 9.17) is 4.74 Å². The van der Waals surface area contributed by atoms with Crippen molar-refractivity contribution in [1.29, 1.82) is 0 Å². The first-order valence-electron chi connectivity index (χ1n) is 5.14. The summed E-state index contributed by atoms with van der Waals surface area (Å²) < 4.78 is 5.01. The molecule has 1 aromatic carbocycles. The Kier molecular flexibility index (Phi) is 3.69. The van der Waals surface area contributed by atoms with Crippen LogP contribution in [0.3, 0.4) is 0 Å². The molecule has 3 heterocycles. The van der Waals surface area contributed by atoms with Crippen LogP contribution >= 0.6 is 11.8 Å². The highest BCUT2D eigenvalue weighted by atomic mass is 32.2. The highest BCUT2D eigenvalue weighted by Crippen LogP contribution is 2.32. The van der Waals surface area contributed by atoms with Crippen LogP contribution in [0.4, 0.5) is 0 Å². The van der Waals surface area contributed by atoms with Crippen LogP contribution in [-0.4, -0.2) is 23.7 Å². The Morgan fingerprint density at radius 3 is 2.56 bits per heavy atom. The summed E-state index contributed by atoms with van der Waals surface area (Å²) in [6.45, 7) is 2.52. The molecule has 86 valence electrons. The summed E-state index contributed by atoms with van der Waals surface area (Å²) in [5.41, 5.74) is 0.155. The maximum absolute atomic E-state index is 10.4. The standard InChI is InChI=1S/C6H4O.C5H10N2OS/c1-2-5-4-6(3-1)7-5;1-4(8)7-5-6-2-3-9-5/h1-4H;5-6H,2-3H2,1H3,(H,7,8). The lowest BCUT2D eigenvalue weighted by Crippen LogP contribution is -2.38. The number of amides is 1. The van der Waals surface area contributed by atoms with E-state index in [1.54, 1.807) is 11.8 Å². The van der Waals surface area contributed by atoms with Gasteiger partial charge in [0.15, 0.2) is 0 Å². The van der Waals surface area contributed by atoms with Gasteiger partial charge in [0.1, 0.15) is 17.0 Å². The van der Waals surface area contributed by atoms with E-state index in [0.717, 1.165) is 23.8 Å². The van der Waals surface area contributed by atoms with Gasteiger partial charge in [-0.25, -0.2) is 0 Å². The summed E-state index contributed by atoms with van der Waals surface area (Å²) in [5.74, 6) is 3.09. The van der Waals surface area contributed by atoms with Crippen LogP contribution in [0.15, 0.2) is 24.3 Å². The molecule has 0 saturated carbocycles. The molecule has 1 fully saturated rings. The van der Waals surface area contributed by atoms with Gasteiger partial charge in [0.2, 0.25) is 5.91 Å². The molecule has 4 nitrogen and oxygen atoms in total. The van der Waals surface area contributed by atoms with Crippen LogP contribution in [0.2, 0.25) is 0 Å². The first-order chi connectivity index (χ1) is 7.74. The van der Waals surface area contributed by atoms with Crippen LogP contribution in [0, 0.1) is 0 Å². The van der Waals surface area contributed by atoms with Gasteiger partial charge in [-0.3, -0.25) is 10.1 Å². The molecule has 1 amide bonds. The van der Waals surface area contributed by atoms with Crippen molar-refractivity contribution in [2.45, 2.75) is 12.4 Å². The number of hydrogen-bond acceptors (Lipinski definition) is 4. The minimum Gasteiger partial charge on any atom is -0.457 e. The van der Waals surface area contributed by atoms with Crippen molar-refractivity contribution < 1.29 is 9.53 Å². The molecule has 1 aromatic rings. The molecule has 2 bridgehead atoms. The van der Waals surface area contributed by atoms with Crippen molar-refractivity contribution in [3.05, 3.63) is 24.3 Å². The van der Waals surface area contributed by atoms with E-state index >= 15 is 0 Å². The number of benzene rings is 1. The molecule has 1 saturated heterocycles. The third kappa shape index (κ3) is 3.15. The molecule has 0 aliphatic carbocycles. The topological polar surface area (TPSA) is 50.4 Å². The lowest BCUT2D eigenvalue weighted by atomic mass is 10.2. The molecule has 5 heteroatoms. The molecule has 1 unspecified atom stereocenters. The molecular formula is C11H14N2O2S. The van der Waals surface area contributed by atoms with Gasteiger partial charge in [-0.1, -0.05) is 6.07 Å². The number of carbonyl (C=O) groups excluding carboxylic acids is 1. The number of hydrogen-bond donors (Lipinski definition) is 2. The maximum Gasteiger partial charge on any atom is 0.218 e. The first-order valence-corrected chi connectivity index (χ1v) is 6.19. The zero-order valence-corrected chi connectivity index (χ0v) is 9.84. The van der Waals surface area contributed by atoms with Gasteiger partial charge in [0.05, 0.1) is 0 Å². The predicted octanol–water partition coefficient (Wildman–Crippen LogP) is 1.53. The Balaban J connectivity index is 0.000000123. The number of nitrogens with one attached hydrogen (secondary N) is 2. The summed E-state index contributed by atoms with van der Waals surface area (Å²) in [4.78, 5) is 10.4. The average Bonchev–Trinajstić information content (AvgIpc) is 2.70. The Hall–Kier alpha value is -1.20. The van der Waals surface area contributed by atoms with Crippen LogP contribution < -0.4 is 15.4 Å². The molecule has 0 aromatic heterocycles. The van der Waals surface area contributed by atoms with Crippen LogP contribution in [0.25, 0.3) is 0 Å². The minimum absolute atomic E-state index is 0.0295. The van der Waals surface area contributed by atoms with Crippen molar-refractivity contribution in [3.8, 4) is 11.5 Å². The van der Waals surface area contributed by atoms with Gasteiger partial charge in [0, 0.05) is 25.3 Å². The Morgan fingerprint density at radius 2 is 2.25 bits per heavy atom. The van der Waals surface area contributed by atoms with Crippen LogP contribution in [0.5, 0.6) is 11.5 Å². The molecule has 4 rings (SSSR count). The number of carbonyl (C=O) groups is 1. The van der Waals surface area contributed by atoms with E-state index in [0.29, 0.717) is 0 Å². The second kappa shape index (κ2) is 5.23. The van der Waals surface area contributed by atoms with Gasteiger partial charge >= 0.3 is 0 Å². The Bertz CT molecular complexity index is 353. The molecule has 1 atom stereocenters. The Labute approximate surface area is 98.7 Å². The molecule has 0 spiro atoms. The monoisotopic (exact) mass is 238 g/mol. The third-order valence-electron chi connectivity index (χ3n) is 2.09. The van der Waals surface area contributed by atoms with Crippen molar-refractivity contribution in [2.24, 2.45) is 0 Å². The molecule has 0 radical (unpaired) electrons. The Morgan fingerprint density at radius 1 is 1.56 bits per heavy atom. The van der Waals surface area contributed by atoms with E-state index < -0.39 is 0 Å². The fourth-order valence-electron chi connectivity index (χ4n) is 1.38. The lowest BCUT2D eigenvalue weighted by Gasteiger charge is -2.13. The summed E-state index contributed by atoms with van der Waals surface area (Å²) in [6.07, 6.45) is 0. The SMILES string of the molecule is CC(=O)NC1NCCS1.c1cc2cc(c1)O2.